The Bertz CT molecular complexity index is 205. The Morgan fingerprint density at radius 2 is 2.44 bits per heavy atom. The summed E-state index contributed by atoms with van der Waals surface area (Å²) in [6.07, 6.45) is 0. The van der Waals surface area contributed by atoms with Crippen LogP contribution in [0.15, 0.2) is 17.2 Å². The zero-order valence-electron chi connectivity index (χ0n) is 5.22. The minimum Gasteiger partial charge on any atom is -0.209 e. The Morgan fingerprint density at radius 3 is 2.89 bits per heavy atom. The van der Waals surface area contributed by atoms with Gasteiger partial charge in [-0.3, -0.25) is 0 Å². The molecule has 1 N–H and O–H groups in total. The third-order valence-electron chi connectivity index (χ3n) is 1.03. The highest BCUT2D eigenvalue weighted by atomic mass is 32.1. The number of thiophene rings is 1. The van der Waals surface area contributed by atoms with Crippen LogP contribution in [0.5, 0.6) is 0 Å². The van der Waals surface area contributed by atoms with Crippen LogP contribution in [-0.2, 0) is 6.54 Å². The monoisotopic (exact) mass is 140 g/mol. The molecule has 48 valence electrons. The molecule has 0 fully saturated rings. The fourth-order valence-electron chi connectivity index (χ4n) is 0.648. The van der Waals surface area contributed by atoms with Crippen LogP contribution < -0.4 is 0 Å². The molecule has 1 rings (SSSR count). The number of aryl methyl sites for hydroxylation is 1. The van der Waals surface area contributed by atoms with Gasteiger partial charge in [-0.05, 0) is 19.1 Å². The molecule has 0 atom stereocenters. The molecule has 0 saturated heterocycles. The third-order valence-corrected chi connectivity index (χ3v) is 2.02. The van der Waals surface area contributed by atoms with Crippen molar-refractivity contribution in [2.75, 3.05) is 0 Å². The van der Waals surface area contributed by atoms with Gasteiger partial charge in [0.2, 0.25) is 0 Å². The normalized spacial score (nSPS) is 9.44. The Hall–Kier alpha value is -0.700. The largest absolute Gasteiger partial charge is 0.209 e. The first-order valence-corrected chi connectivity index (χ1v) is 3.53. The summed E-state index contributed by atoms with van der Waals surface area (Å²) in [7, 11) is 0. The molecule has 1 heterocycles. The van der Waals surface area contributed by atoms with Crippen LogP contribution in [-0.4, -0.2) is 0 Å². The standard InChI is InChI=1S/C6H8N2S/c1-5-2-3-6(9-5)4-8-7/h2-3,7H,4H2,1H3. The summed E-state index contributed by atoms with van der Waals surface area (Å²) < 4.78 is 0. The van der Waals surface area contributed by atoms with E-state index in [-0.39, 0.29) is 0 Å². The molecule has 0 radical (unpaired) electrons. The SMILES string of the molecule is Cc1ccc(CN=N)s1. The van der Waals surface area contributed by atoms with Gasteiger partial charge in [-0.1, -0.05) is 0 Å². The topological polar surface area (TPSA) is 36.2 Å². The summed E-state index contributed by atoms with van der Waals surface area (Å²) in [4.78, 5) is 2.45. The maximum Gasteiger partial charge on any atom is 0.0939 e. The van der Waals surface area contributed by atoms with Gasteiger partial charge in [-0.15, -0.1) is 11.3 Å². The van der Waals surface area contributed by atoms with E-state index in [1.807, 2.05) is 12.1 Å². The van der Waals surface area contributed by atoms with Crippen LogP contribution in [0.3, 0.4) is 0 Å². The van der Waals surface area contributed by atoms with Gasteiger partial charge in [0.05, 0.1) is 6.54 Å². The first kappa shape index (κ1) is 6.42. The molecule has 1 aromatic heterocycles. The molecule has 0 amide bonds. The van der Waals surface area contributed by atoms with Gasteiger partial charge < -0.3 is 0 Å². The first-order valence-electron chi connectivity index (χ1n) is 2.71. The molecular formula is C6H8N2S. The lowest BCUT2D eigenvalue weighted by atomic mass is 10.4. The summed E-state index contributed by atoms with van der Waals surface area (Å²) in [6, 6.07) is 4.06. The van der Waals surface area contributed by atoms with Crippen molar-refractivity contribution in [3.8, 4) is 0 Å². The molecule has 0 aromatic carbocycles. The second-order valence-electron chi connectivity index (χ2n) is 1.83. The van der Waals surface area contributed by atoms with Gasteiger partial charge >= 0.3 is 0 Å². The van der Waals surface area contributed by atoms with E-state index in [1.165, 1.54) is 9.75 Å². The maximum atomic E-state index is 6.58. The van der Waals surface area contributed by atoms with E-state index >= 15 is 0 Å². The van der Waals surface area contributed by atoms with Crippen molar-refractivity contribution in [2.24, 2.45) is 5.11 Å². The number of rotatable bonds is 2. The Balaban J connectivity index is 2.72. The summed E-state index contributed by atoms with van der Waals surface area (Å²) >= 11 is 1.70. The number of nitrogens with one attached hydrogen (secondary N) is 1. The predicted octanol–water partition coefficient (Wildman–Crippen LogP) is 2.59. The summed E-state index contributed by atoms with van der Waals surface area (Å²) in [6.45, 7) is 2.59. The molecular weight excluding hydrogens is 132 g/mol. The second-order valence-corrected chi connectivity index (χ2v) is 3.20. The van der Waals surface area contributed by atoms with Crippen molar-refractivity contribution < 1.29 is 0 Å². The van der Waals surface area contributed by atoms with Crippen molar-refractivity contribution >= 4 is 11.3 Å². The number of nitrogens with zero attached hydrogens (tertiary/aromatic N) is 1. The molecule has 1 aromatic rings. The van der Waals surface area contributed by atoms with Gasteiger partial charge in [0.15, 0.2) is 0 Å². The smallest absolute Gasteiger partial charge is 0.0939 e. The Morgan fingerprint density at radius 1 is 1.67 bits per heavy atom. The van der Waals surface area contributed by atoms with Crippen molar-refractivity contribution in [3.63, 3.8) is 0 Å². The lowest BCUT2D eigenvalue weighted by molar-refractivity contribution is 0.923. The predicted molar refractivity (Wildman–Crippen MR) is 37.9 cm³/mol. The quantitative estimate of drug-likeness (QED) is 0.613. The summed E-state index contributed by atoms with van der Waals surface area (Å²) in [5, 5.41) is 3.28. The maximum absolute atomic E-state index is 6.58. The number of hydrogen-bond donors (Lipinski definition) is 1. The van der Waals surface area contributed by atoms with E-state index in [2.05, 4.69) is 12.0 Å². The minimum atomic E-state index is 0.540. The lowest BCUT2D eigenvalue weighted by Gasteiger charge is -1.81. The Kier molecular flexibility index (Phi) is 1.95. The lowest BCUT2D eigenvalue weighted by Crippen LogP contribution is -1.66. The van der Waals surface area contributed by atoms with Crippen LogP contribution in [0.4, 0.5) is 0 Å². The highest BCUT2D eigenvalue weighted by Crippen LogP contribution is 2.15. The highest BCUT2D eigenvalue weighted by Gasteiger charge is 1.92. The average Bonchev–Trinajstić information content (AvgIpc) is 2.17. The van der Waals surface area contributed by atoms with Gasteiger partial charge in [0.1, 0.15) is 0 Å². The fourth-order valence-corrected chi connectivity index (χ4v) is 1.46. The van der Waals surface area contributed by atoms with Crippen molar-refractivity contribution in [1.29, 1.82) is 5.53 Å². The Labute approximate surface area is 58.0 Å². The summed E-state index contributed by atoms with van der Waals surface area (Å²) in [5.74, 6) is 0. The molecule has 2 nitrogen and oxygen atoms in total. The zero-order valence-corrected chi connectivity index (χ0v) is 6.03. The van der Waals surface area contributed by atoms with Gasteiger partial charge in [-0.2, -0.15) is 5.11 Å². The molecule has 0 aliphatic carbocycles. The summed E-state index contributed by atoms with van der Waals surface area (Å²) in [5.41, 5.74) is 6.58. The van der Waals surface area contributed by atoms with Crippen LogP contribution in [0.2, 0.25) is 0 Å². The average molecular weight is 140 g/mol. The number of hydrogen-bond acceptors (Lipinski definition) is 3. The molecule has 0 aliphatic rings. The van der Waals surface area contributed by atoms with E-state index in [0.29, 0.717) is 6.54 Å². The van der Waals surface area contributed by atoms with E-state index in [4.69, 9.17) is 5.53 Å². The highest BCUT2D eigenvalue weighted by molar-refractivity contribution is 7.11. The minimum absolute atomic E-state index is 0.540. The van der Waals surface area contributed by atoms with Crippen LogP contribution in [0.1, 0.15) is 9.75 Å². The van der Waals surface area contributed by atoms with Gasteiger partial charge in [0, 0.05) is 9.75 Å². The molecule has 0 saturated carbocycles. The van der Waals surface area contributed by atoms with Crippen molar-refractivity contribution in [3.05, 3.63) is 21.9 Å². The van der Waals surface area contributed by atoms with Crippen LogP contribution in [0, 0.1) is 12.5 Å². The first-order chi connectivity index (χ1) is 4.33. The molecule has 0 spiro atoms. The van der Waals surface area contributed by atoms with Crippen LogP contribution in [0.25, 0.3) is 0 Å². The van der Waals surface area contributed by atoms with Crippen molar-refractivity contribution in [2.45, 2.75) is 13.5 Å². The van der Waals surface area contributed by atoms with E-state index < -0.39 is 0 Å². The van der Waals surface area contributed by atoms with E-state index in [1.54, 1.807) is 11.3 Å². The third kappa shape index (κ3) is 1.61. The molecule has 0 bridgehead atoms. The molecule has 0 aliphatic heterocycles. The molecule has 9 heavy (non-hydrogen) atoms. The second kappa shape index (κ2) is 2.73. The van der Waals surface area contributed by atoms with Gasteiger partial charge in [0.25, 0.3) is 0 Å². The van der Waals surface area contributed by atoms with Crippen LogP contribution >= 0.6 is 11.3 Å². The molecule has 3 heteroatoms. The van der Waals surface area contributed by atoms with Gasteiger partial charge in [-0.25, -0.2) is 5.53 Å². The van der Waals surface area contributed by atoms with E-state index in [9.17, 15) is 0 Å². The fraction of sp³-hybridized carbons (Fsp3) is 0.333. The molecule has 0 unspecified atom stereocenters. The van der Waals surface area contributed by atoms with E-state index in [0.717, 1.165) is 0 Å². The van der Waals surface area contributed by atoms with Crippen molar-refractivity contribution in [1.82, 2.24) is 0 Å². The zero-order chi connectivity index (χ0) is 6.69.